The lowest BCUT2D eigenvalue weighted by Gasteiger charge is -2.13. The first kappa shape index (κ1) is 20.8. The molecule has 5 rings (SSSR count). The number of hydrogen-bond acceptors (Lipinski definition) is 2. The zero-order valence-corrected chi connectivity index (χ0v) is 19.0. The van der Waals surface area contributed by atoms with Crippen LogP contribution in [-0.2, 0) is 6.54 Å². The van der Waals surface area contributed by atoms with Gasteiger partial charge >= 0.3 is 0 Å². The van der Waals surface area contributed by atoms with E-state index in [4.69, 9.17) is 10.5 Å². The normalized spacial score (nSPS) is 11.2. The van der Waals surface area contributed by atoms with Crippen LogP contribution >= 0.6 is 0 Å². The molecule has 0 spiro atoms. The van der Waals surface area contributed by atoms with Gasteiger partial charge in [-0.2, -0.15) is 0 Å². The molecule has 33 heavy (non-hydrogen) atoms. The maximum atomic E-state index is 12.3. The van der Waals surface area contributed by atoms with Crippen molar-refractivity contribution in [3.05, 3.63) is 101 Å². The minimum Gasteiger partial charge on any atom is -0.497 e. The maximum Gasteiger partial charge on any atom is 0.249 e. The van der Waals surface area contributed by atoms with Gasteiger partial charge in [0.2, 0.25) is 5.91 Å². The molecular formula is C29H25N2O2. The maximum absolute atomic E-state index is 12.3. The number of benzene rings is 4. The molecule has 4 heteroatoms. The summed E-state index contributed by atoms with van der Waals surface area (Å²) in [4.78, 5) is 12.3. The molecule has 0 unspecified atom stereocenters. The van der Waals surface area contributed by atoms with Crippen molar-refractivity contribution < 1.29 is 9.53 Å². The highest BCUT2D eigenvalue weighted by atomic mass is 16.5. The molecule has 0 fully saturated rings. The van der Waals surface area contributed by atoms with E-state index in [0.29, 0.717) is 12.1 Å². The van der Waals surface area contributed by atoms with Gasteiger partial charge in [0, 0.05) is 22.9 Å². The van der Waals surface area contributed by atoms with Crippen LogP contribution in [0.3, 0.4) is 0 Å². The summed E-state index contributed by atoms with van der Waals surface area (Å²) in [6.45, 7) is 4.98. The van der Waals surface area contributed by atoms with Crippen molar-refractivity contribution in [3.8, 4) is 16.9 Å². The number of carbonyl (C=O) groups excluding carboxylic acids is 1. The van der Waals surface area contributed by atoms with Gasteiger partial charge in [0.15, 0.2) is 0 Å². The Balaban J connectivity index is 1.78. The number of nitrogens with zero attached hydrogens (tertiary/aromatic N) is 1. The average molecular weight is 434 g/mol. The molecule has 0 bridgehead atoms. The third kappa shape index (κ3) is 3.54. The molecule has 1 heterocycles. The number of primary amides is 1. The molecule has 0 aliphatic rings. The molecule has 0 atom stereocenters. The van der Waals surface area contributed by atoms with Gasteiger partial charge in [-0.1, -0.05) is 36.4 Å². The minimum atomic E-state index is -0.431. The highest BCUT2D eigenvalue weighted by Gasteiger charge is 2.18. The van der Waals surface area contributed by atoms with E-state index >= 15 is 0 Å². The fourth-order valence-electron chi connectivity index (χ4n) is 4.53. The average Bonchev–Trinajstić information content (AvgIpc) is 3.15. The summed E-state index contributed by atoms with van der Waals surface area (Å²) in [7, 11) is 1.66. The number of fused-ring (bicyclic) bond motifs is 3. The number of methoxy groups -OCH3 is 1. The van der Waals surface area contributed by atoms with E-state index in [9.17, 15) is 4.79 Å². The largest absolute Gasteiger partial charge is 0.497 e. The lowest BCUT2D eigenvalue weighted by Crippen LogP contribution is -2.11. The quantitative estimate of drug-likeness (QED) is 0.368. The van der Waals surface area contributed by atoms with Gasteiger partial charge in [-0.25, -0.2) is 0 Å². The monoisotopic (exact) mass is 433 g/mol. The van der Waals surface area contributed by atoms with Gasteiger partial charge in [0.25, 0.3) is 0 Å². The van der Waals surface area contributed by atoms with Gasteiger partial charge in [-0.05, 0) is 84.1 Å². The number of carbonyl (C=O) groups is 1. The molecule has 1 radical (unpaired) electrons. The summed E-state index contributed by atoms with van der Waals surface area (Å²) in [5, 5.41) is 1.76. The van der Waals surface area contributed by atoms with Crippen LogP contribution in [0.25, 0.3) is 32.9 Å². The van der Waals surface area contributed by atoms with Crippen LogP contribution in [0.5, 0.6) is 5.75 Å². The molecule has 5 aromatic rings. The van der Waals surface area contributed by atoms with Crippen LogP contribution in [0.1, 0.15) is 27.0 Å². The first-order valence-corrected chi connectivity index (χ1v) is 10.9. The van der Waals surface area contributed by atoms with E-state index in [1.807, 2.05) is 42.5 Å². The second-order valence-corrected chi connectivity index (χ2v) is 8.39. The number of ether oxygens (including phenoxy) is 1. The fraction of sp³-hybridized carbons (Fsp3) is 0.138. The summed E-state index contributed by atoms with van der Waals surface area (Å²) >= 11 is 0. The molecule has 2 N–H and O–H groups in total. The van der Waals surface area contributed by atoms with Crippen LogP contribution < -0.4 is 10.5 Å². The Bertz CT molecular complexity index is 1510. The Morgan fingerprint density at radius 1 is 0.970 bits per heavy atom. The molecule has 1 amide bonds. The summed E-state index contributed by atoms with van der Waals surface area (Å²) in [5.74, 6) is 0.387. The number of amides is 1. The Morgan fingerprint density at radius 3 is 2.45 bits per heavy atom. The van der Waals surface area contributed by atoms with Crippen LogP contribution in [0, 0.1) is 19.9 Å². The summed E-state index contributed by atoms with van der Waals surface area (Å²) in [6.07, 6.45) is 0. The second kappa shape index (κ2) is 8.14. The molecule has 0 saturated heterocycles. The summed E-state index contributed by atoms with van der Waals surface area (Å²) in [5.41, 5.74) is 14.2. The van der Waals surface area contributed by atoms with Crippen LogP contribution in [0.2, 0.25) is 0 Å². The van der Waals surface area contributed by atoms with Crippen molar-refractivity contribution in [3.63, 3.8) is 0 Å². The molecule has 1 aromatic heterocycles. The Kier molecular flexibility index (Phi) is 5.14. The molecule has 163 valence electrons. The molecule has 0 saturated carbocycles. The predicted octanol–water partition coefficient (Wildman–Crippen LogP) is 6.03. The smallest absolute Gasteiger partial charge is 0.249 e. The van der Waals surface area contributed by atoms with Crippen LogP contribution in [0.4, 0.5) is 0 Å². The van der Waals surface area contributed by atoms with Gasteiger partial charge in [0.05, 0.1) is 18.1 Å². The predicted molar refractivity (Wildman–Crippen MR) is 134 cm³/mol. The van der Waals surface area contributed by atoms with Gasteiger partial charge in [-0.3, -0.25) is 4.79 Å². The van der Waals surface area contributed by atoms with Crippen molar-refractivity contribution in [2.75, 3.05) is 7.11 Å². The van der Waals surface area contributed by atoms with E-state index in [2.05, 4.69) is 48.7 Å². The topological polar surface area (TPSA) is 57.2 Å². The van der Waals surface area contributed by atoms with Gasteiger partial charge < -0.3 is 15.0 Å². The first-order valence-electron chi connectivity index (χ1n) is 10.9. The van der Waals surface area contributed by atoms with Crippen LogP contribution in [0.15, 0.2) is 72.8 Å². The van der Waals surface area contributed by atoms with Gasteiger partial charge in [0.1, 0.15) is 5.75 Å². The Morgan fingerprint density at radius 2 is 1.73 bits per heavy atom. The molecule has 0 aliphatic carbocycles. The fourth-order valence-corrected chi connectivity index (χ4v) is 4.53. The number of rotatable bonds is 5. The van der Waals surface area contributed by atoms with E-state index in [1.165, 1.54) is 16.7 Å². The van der Waals surface area contributed by atoms with Crippen molar-refractivity contribution in [2.24, 2.45) is 5.73 Å². The Hall–Kier alpha value is -4.05. The van der Waals surface area contributed by atoms with E-state index in [0.717, 1.165) is 38.7 Å². The number of aromatic nitrogens is 1. The first-order chi connectivity index (χ1) is 16.0. The highest BCUT2D eigenvalue weighted by molar-refractivity contribution is 6.18. The molecule has 4 nitrogen and oxygen atoms in total. The minimum absolute atomic E-state index is 0.431. The Labute approximate surface area is 193 Å². The lowest BCUT2D eigenvalue weighted by molar-refractivity contribution is 0.100. The SMILES string of the molecule is COc1ccc(-c2c[c]c3c4c(C(N)=O)cccc4n(Cc4cccc(C)c4C)c3c2)cc1. The number of nitrogens with two attached hydrogens (primary N) is 1. The highest BCUT2D eigenvalue weighted by Crippen LogP contribution is 2.35. The van der Waals surface area contributed by atoms with Gasteiger partial charge in [-0.15, -0.1) is 0 Å². The molecule has 4 aromatic carbocycles. The van der Waals surface area contributed by atoms with E-state index < -0.39 is 5.91 Å². The van der Waals surface area contributed by atoms with E-state index in [1.54, 1.807) is 13.2 Å². The third-order valence-electron chi connectivity index (χ3n) is 6.53. The zero-order valence-electron chi connectivity index (χ0n) is 19.0. The van der Waals surface area contributed by atoms with Crippen molar-refractivity contribution in [2.45, 2.75) is 20.4 Å². The number of hydrogen-bond donors (Lipinski definition) is 1. The van der Waals surface area contributed by atoms with Crippen molar-refractivity contribution >= 4 is 27.7 Å². The molecule has 0 aliphatic heterocycles. The standard InChI is InChI=1S/C29H25N2O2/c1-18-6-4-7-22(19(18)2)17-31-26-9-5-8-25(29(30)32)28(26)24-15-12-21(16-27(24)31)20-10-13-23(33-3)14-11-20/h4-14,16H,17H2,1-3H3,(H2,30,32). The van der Waals surface area contributed by atoms with E-state index in [-0.39, 0.29) is 0 Å². The summed E-state index contributed by atoms with van der Waals surface area (Å²) in [6, 6.07) is 27.7. The second-order valence-electron chi connectivity index (χ2n) is 8.39. The van der Waals surface area contributed by atoms with Crippen LogP contribution in [-0.4, -0.2) is 17.6 Å². The van der Waals surface area contributed by atoms with Crippen molar-refractivity contribution in [1.82, 2.24) is 4.57 Å². The zero-order chi connectivity index (χ0) is 23.1. The third-order valence-corrected chi connectivity index (χ3v) is 6.53. The lowest BCUT2D eigenvalue weighted by atomic mass is 10.0. The number of aryl methyl sites for hydroxylation is 1. The molecular weight excluding hydrogens is 408 g/mol. The van der Waals surface area contributed by atoms with Crippen molar-refractivity contribution in [1.29, 1.82) is 0 Å². The summed E-state index contributed by atoms with van der Waals surface area (Å²) < 4.78 is 7.57.